The topological polar surface area (TPSA) is 24.9 Å². The van der Waals surface area contributed by atoms with Crippen LogP contribution in [0.25, 0.3) is 0 Å². The van der Waals surface area contributed by atoms with Crippen molar-refractivity contribution in [2.45, 2.75) is 40.2 Å². The van der Waals surface area contributed by atoms with Gasteiger partial charge in [0.05, 0.1) is 11.7 Å². The van der Waals surface area contributed by atoms with E-state index in [9.17, 15) is 0 Å². The number of aromatic nitrogens is 1. The van der Waals surface area contributed by atoms with Crippen LogP contribution in [-0.2, 0) is 0 Å². The summed E-state index contributed by atoms with van der Waals surface area (Å²) >= 11 is 6.30. The Balaban J connectivity index is 2.44. The Morgan fingerprint density at radius 1 is 1.14 bits per heavy atom. The number of nitrogens with one attached hydrogen (secondary N) is 1. The maximum absolute atomic E-state index is 6.30. The maximum Gasteiger partial charge on any atom is 0.0754 e. The van der Waals surface area contributed by atoms with Gasteiger partial charge in [0.1, 0.15) is 0 Å². The van der Waals surface area contributed by atoms with Crippen molar-refractivity contribution in [1.29, 1.82) is 0 Å². The molecule has 1 aromatic heterocycles. The molecule has 1 aromatic carbocycles. The minimum Gasteiger partial charge on any atom is -0.305 e. The first-order valence-electron chi connectivity index (χ1n) is 7.45. The molecule has 0 aliphatic heterocycles. The standard InChI is InChI=1S/C18H23ClN2/c1-5-8-20-18(15-7-6-13(3)16(19)10-15)17-14(4)9-12(2)11-21-17/h6-7,9-11,18,20H,5,8H2,1-4H3. The van der Waals surface area contributed by atoms with Crippen molar-refractivity contribution in [2.24, 2.45) is 0 Å². The number of aryl methyl sites for hydroxylation is 3. The average molecular weight is 303 g/mol. The third-order valence-electron chi connectivity index (χ3n) is 3.66. The molecule has 0 saturated heterocycles. The predicted octanol–water partition coefficient (Wildman–Crippen LogP) is 4.75. The molecule has 21 heavy (non-hydrogen) atoms. The summed E-state index contributed by atoms with van der Waals surface area (Å²) < 4.78 is 0. The van der Waals surface area contributed by atoms with Gasteiger partial charge in [-0.2, -0.15) is 0 Å². The van der Waals surface area contributed by atoms with Gasteiger partial charge in [0.2, 0.25) is 0 Å². The lowest BCUT2D eigenvalue weighted by molar-refractivity contribution is 0.583. The summed E-state index contributed by atoms with van der Waals surface area (Å²) in [5.74, 6) is 0. The molecular formula is C18H23ClN2. The monoisotopic (exact) mass is 302 g/mol. The van der Waals surface area contributed by atoms with Crippen LogP contribution in [0.5, 0.6) is 0 Å². The quantitative estimate of drug-likeness (QED) is 0.862. The van der Waals surface area contributed by atoms with E-state index >= 15 is 0 Å². The van der Waals surface area contributed by atoms with E-state index in [2.05, 4.69) is 49.3 Å². The first kappa shape index (κ1) is 16.0. The Kier molecular flexibility index (Phi) is 5.38. The second kappa shape index (κ2) is 7.06. The van der Waals surface area contributed by atoms with Crippen molar-refractivity contribution in [3.63, 3.8) is 0 Å². The van der Waals surface area contributed by atoms with Gasteiger partial charge in [-0.1, -0.05) is 36.7 Å². The van der Waals surface area contributed by atoms with Gasteiger partial charge in [-0.3, -0.25) is 4.98 Å². The fraction of sp³-hybridized carbons (Fsp3) is 0.389. The van der Waals surface area contributed by atoms with Crippen molar-refractivity contribution in [3.8, 4) is 0 Å². The molecule has 0 bridgehead atoms. The molecule has 2 nitrogen and oxygen atoms in total. The Bertz CT molecular complexity index is 623. The second-order valence-electron chi connectivity index (χ2n) is 5.61. The maximum atomic E-state index is 6.30. The number of hydrogen-bond acceptors (Lipinski definition) is 2. The fourth-order valence-electron chi connectivity index (χ4n) is 2.48. The molecule has 2 aromatic rings. The summed E-state index contributed by atoms with van der Waals surface area (Å²) in [6.45, 7) is 9.33. The van der Waals surface area contributed by atoms with Gasteiger partial charge in [-0.15, -0.1) is 0 Å². The highest BCUT2D eigenvalue weighted by atomic mass is 35.5. The highest BCUT2D eigenvalue weighted by molar-refractivity contribution is 6.31. The summed E-state index contributed by atoms with van der Waals surface area (Å²) in [6.07, 6.45) is 3.01. The Labute approximate surface area is 132 Å². The summed E-state index contributed by atoms with van der Waals surface area (Å²) in [5.41, 5.74) is 5.74. The minimum atomic E-state index is 0.0867. The number of benzene rings is 1. The number of halogens is 1. The zero-order valence-corrected chi connectivity index (χ0v) is 14.0. The molecule has 0 spiro atoms. The van der Waals surface area contributed by atoms with Gasteiger partial charge < -0.3 is 5.32 Å². The number of rotatable bonds is 5. The number of nitrogens with zero attached hydrogens (tertiary/aromatic N) is 1. The highest BCUT2D eigenvalue weighted by Crippen LogP contribution is 2.27. The molecule has 1 heterocycles. The number of pyridine rings is 1. The van der Waals surface area contributed by atoms with Crippen molar-refractivity contribution in [3.05, 3.63) is 63.4 Å². The fourth-order valence-corrected chi connectivity index (χ4v) is 2.67. The van der Waals surface area contributed by atoms with Crippen LogP contribution in [0.1, 0.15) is 47.3 Å². The third-order valence-corrected chi connectivity index (χ3v) is 4.06. The number of hydrogen-bond donors (Lipinski definition) is 1. The minimum absolute atomic E-state index is 0.0867. The molecule has 0 fully saturated rings. The van der Waals surface area contributed by atoms with Crippen LogP contribution >= 0.6 is 11.6 Å². The summed E-state index contributed by atoms with van der Waals surface area (Å²) in [5, 5.41) is 4.39. The molecule has 0 radical (unpaired) electrons. The largest absolute Gasteiger partial charge is 0.305 e. The normalized spacial score (nSPS) is 12.4. The van der Waals surface area contributed by atoms with Crippen LogP contribution in [0.15, 0.2) is 30.5 Å². The predicted molar refractivity (Wildman–Crippen MR) is 90.0 cm³/mol. The first-order valence-corrected chi connectivity index (χ1v) is 7.83. The average Bonchev–Trinajstić information content (AvgIpc) is 2.44. The SMILES string of the molecule is CCCNC(c1ccc(C)c(Cl)c1)c1ncc(C)cc1C. The van der Waals surface area contributed by atoms with Crippen molar-refractivity contribution in [1.82, 2.24) is 10.3 Å². The van der Waals surface area contributed by atoms with Crippen molar-refractivity contribution in [2.75, 3.05) is 6.54 Å². The van der Waals surface area contributed by atoms with E-state index in [1.807, 2.05) is 19.2 Å². The summed E-state index contributed by atoms with van der Waals surface area (Å²) in [7, 11) is 0. The second-order valence-corrected chi connectivity index (χ2v) is 6.02. The molecule has 0 aliphatic rings. The Hall–Kier alpha value is -1.38. The van der Waals surface area contributed by atoms with Crippen LogP contribution in [0.2, 0.25) is 5.02 Å². The van der Waals surface area contributed by atoms with Gasteiger partial charge in [-0.25, -0.2) is 0 Å². The van der Waals surface area contributed by atoms with Crippen LogP contribution in [0, 0.1) is 20.8 Å². The zero-order valence-electron chi connectivity index (χ0n) is 13.2. The molecule has 112 valence electrons. The molecule has 1 unspecified atom stereocenters. The lowest BCUT2D eigenvalue weighted by Crippen LogP contribution is -2.25. The summed E-state index contributed by atoms with van der Waals surface area (Å²) in [4.78, 5) is 4.65. The van der Waals surface area contributed by atoms with Gasteiger partial charge in [0.25, 0.3) is 0 Å². The highest BCUT2D eigenvalue weighted by Gasteiger charge is 2.17. The third kappa shape index (κ3) is 3.84. The van der Waals surface area contributed by atoms with E-state index in [-0.39, 0.29) is 6.04 Å². The van der Waals surface area contributed by atoms with Gasteiger partial charge >= 0.3 is 0 Å². The van der Waals surface area contributed by atoms with Gasteiger partial charge in [0, 0.05) is 11.2 Å². The Morgan fingerprint density at radius 3 is 2.52 bits per heavy atom. The van der Waals surface area contributed by atoms with Crippen molar-refractivity contribution < 1.29 is 0 Å². The molecule has 0 aliphatic carbocycles. The van der Waals surface area contributed by atoms with E-state index < -0.39 is 0 Å². The molecule has 1 atom stereocenters. The van der Waals surface area contributed by atoms with Crippen LogP contribution in [0.4, 0.5) is 0 Å². The molecular weight excluding hydrogens is 280 g/mol. The lowest BCUT2D eigenvalue weighted by atomic mass is 9.98. The molecule has 0 amide bonds. The molecule has 1 N–H and O–H groups in total. The first-order chi connectivity index (χ1) is 10.0. The van der Waals surface area contributed by atoms with E-state index in [4.69, 9.17) is 11.6 Å². The lowest BCUT2D eigenvalue weighted by Gasteiger charge is -2.21. The van der Waals surface area contributed by atoms with E-state index in [0.717, 1.165) is 29.2 Å². The zero-order chi connectivity index (χ0) is 15.4. The van der Waals surface area contributed by atoms with Crippen LogP contribution < -0.4 is 5.32 Å². The smallest absolute Gasteiger partial charge is 0.0754 e. The van der Waals surface area contributed by atoms with Crippen molar-refractivity contribution >= 4 is 11.6 Å². The van der Waals surface area contributed by atoms with Crippen LogP contribution in [-0.4, -0.2) is 11.5 Å². The van der Waals surface area contributed by atoms with E-state index in [1.54, 1.807) is 0 Å². The molecule has 2 rings (SSSR count). The Morgan fingerprint density at radius 2 is 1.90 bits per heavy atom. The van der Waals surface area contributed by atoms with E-state index in [0.29, 0.717) is 0 Å². The van der Waals surface area contributed by atoms with E-state index in [1.165, 1.54) is 16.7 Å². The summed E-state index contributed by atoms with van der Waals surface area (Å²) in [6, 6.07) is 8.52. The van der Waals surface area contributed by atoms with Gasteiger partial charge in [-0.05, 0) is 62.1 Å². The van der Waals surface area contributed by atoms with Crippen LogP contribution in [0.3, 0.4) is 0 Å². The van der Waals surface area contributed by atoms with Gasteiger partial charge in [0.15, 0.2) is 0 Å². The molecule has 0 saturated carbocycles. The molecule has 3 heteroatoms.